The summed E-state index contributed by atoms with van der Waals surface area (Å²) in [6.45, 7) is 4.93. The number of aliphatic hydroxyl groups is 1. The van der Waals surface area contributed by atoms with Gasteiger partial charge in [0.25, 0.3) is 0 Å². The van der Waals surface area contributed by atoms with Crippen LogP contribution in [0.3, 0.4) is 0 Å². The van der Waals surface area contributed by atoms with Gasteiger partial charge in [0.15, 0.2) is 0 Å². The summed E-state index contributed by atoms with van der Waals surface area (Å²) in [7, 11) is 0. The number of carboxylic acid groups (broad SMARTS) is 1. The Morgan fingerprint density at radius 1 is 1.47 bits per heavy atom. The van der Waals surface area contributed by atoms with Crippen LogP contribution in [0.4, 0.5) is 0 Å². The second-order valence-electron chi connectivity index (χ2n) is 4.46. The first kappa shape index (κ1) is 14.2. The number of hydrogen-bond acceptors (Lipinski definition) is 4. The van der Waals surface area contributed by atoms with Gasteiger partial charge in [-0.15, -0.1) is 11.3 Å². The minimum Gasteiger partial charge on any atom is -0.477 e. The molecule has 0 bridgehead atoms. The molecule has 0 spiro atoms. The largest absolute Gasteiger partial charge is 0.477 e. The third-order valence-corrected chi connectivity index (χ3v) is 3.49. The molecule has 0 saturated heterocycles. The van der Waals surface area contributed by atoms with Crippen LogP contribution in [0.5, 0.6) is 0 Å². The molecule has 1 atom stereocenters. The first-order valence-electron chi connectivity index (χ1n) is 5.69. The van der Waals surface area contributed by atoms with Crippen LogP contribution in [0.1, 0.15) is 34.8 Å². The lowest BCUT2D eigenvalue weighted by Gasteiger charge is -2.17. The zero-order chi connectivity index (χ0) is 12.8. The summed E-state index contributed by atoms with van der Waals surface area (Å²) in [5, 5.41) is 21.2. The standard InChI is InChI=1S/C12H19NO3S/c1-8(2)5-9(7-14)13-6-10-3-4-11(17-10)12(15)16/h3-4,8-9,13-14H,5-7H2,1-2H3,(H,15,16). The molecule has 0 aliphatic heterocycles. The predicted octanol–water partition coefficient (Wildman–Crippen LogP) is 1.94. The monoisotopic (exact) mass is 257 g/mol. The number of aliphatic hydroxyl groups excluding tert-OH is 1. The van der Waals surface area contributed by atoms with E-state index in [0.717, 1.165) is 11.3 Å². The summed E-state index contributed by atoms with van der Waals surface area (Å²) >= 11 is 1.27. The highest BCUT2D eigenvalue weighted by atomic mass is 32.1. The van der Waals surface area contributed by atoms with Gasteiger partial charge in [-0.05, 0) is 24.5 Å². The average Bonchev–Trinajstić information content (AvgIpc) is 2.72. The molecule has 0 aliphatic carbocycles. The molecule has 0 amide bonds. The molecule has 1 aromatic heterocycles. The molecule has 1 unspecified atom stereocenters. The van der Waals surface area contributed by atoms with Crippen molar-refractivity contribution in [2.24, 2.45) is 5.92 Å². The van der Waals surface area contributed by atoms with E-state index in [9.17, 15) is 9.90 Å². The van der Waals surface area contributed by atoms with Crippen molar-refractivity contribution < 1.29 is 15.0 Å². The van der Waals surface area contributed by atoms with Gasteiger partial charge in [-0.1, -0.05) is 13.8 Å². The zero-order valence-electron chi connectivity index (χ0n) is 10.1. The van der Waals surface area contributed by atoms with Crippen molar-refractivity contribution in [1.29, 1.82) is 0 Å². The fourth-order valence-electron chi connectivity index (χ4n) is 1.62. The van der Waals surface area contributed by atoms with E-state index < -0.39 is 5.97 Å². The Kier molecular flexibility index (Phi) is 5.61. The lowest BCUT2D eigenvalue weighted by Crippen LogP contribution is -2.32. The number of thiophene rings is 1. The van der Waals surface area contributed by atoms with Gasteiger partial charge in [0, 0.05) is 17.5 Å². The first-order valence-corrected chi connectivity index (χ1v) is 6.50. The Balaban J connectivity index is 2.45. The summed E-state index contributed by atoms with van der Waals surface area (Å²) < 4.78 is 0. The Morgan fingerprint density at radius 2 is 2.18 bits per heavy atom. The van der Waals surface area contributed by atoms with Gasteiger partial charge in [-0.2, -0.15) is 0 Å². The van der Waals surface area contributed by atoms with E-state index in [1.165, 1.54) is 11.3 Å². The fourth-order valence-corrected chi connectivity index (χ4v) is 2.42. The number of nitrogens with one attached hydrogen (secondary N) is 1. The van der Waals surface area contributed by atoms with Gasteiger partial charge < -0.3 is 15.5 Å². The highest BCUT2D eigenvalue weighted by Crippen LogP contribution is 2.16. The fraction of sp³-hybridized carbons (Fsp3) is 0.583. The minimum atomic E-state index is -0.887. The maximum absolute atomic E-state index is 10.7. The number of carboxylic acids is 1. The van der Waals surface area contributed by atoms with Crippen LogP contribution in [0.2, 0.25) is 0 Å². The molecule has 0 saturated carbocycles. The molecule has 1 aromatic rings. The van der Waals surface area contributed by atoms with Crippen LogP contribution in [-0.2, 0) is 6.54 Å². The van der Waals surface area contributed by atoms with Crippen molar-refractivity contribution in [2.45, 2.75) is 32.9 Å². The van der Waals surface area contributed by atoms with E-state index in [2.05, 4.69) is 19.2 Å². The summed E-state index contributed by atoms with van der Waals surface area (Å²) in [5.41, 5.74) is 0. The van der Waals surface area contributed by atoms with E-state index in [-0.39, 0.29) is 12.6 Å². The maximum Gasteiger partial charge on any atom is 0.345 e. The number of carbonyl (C=O) groups is 1. The van der Waals surface area contributed by atoms with Crippen molar-refractivity contribution in [3.63, 3.8) is 0 Å². The summed E-state index contributed by atoms with van der Waals surface area (Å²) in [6.07, 6.45) is 0.910. The van der Waals surface area contributed by atoms with Crippen molar-refractivity contribution in [3.05, 3.63) is 21.9 Å². The van der Waals surface area contributed by atoms with Gasteiger partial charge in [0.05, 0.1) is 6.61 Å². The average molecular weight is 257 g/mol. The SMILES string of the molecule is CC(C)CC(CO)NCc1ccc(C(=O)O)s1. The second-order valence-corrected chi connectivity index (χ2v) is 5.63. The normalized spacial score (nSPS) is 12.9. The predicted molar refractivity (Wildman–Crippen MR) is 68.4 cm³/mol. The maximum atomic E-state index is 10.7. The molecule has 0 aromatic carbocycles. The summed E-state index contributed by atoms with van der Waals surface area (Å²) in [5.74, 6) is -0.361. The van der Waals surface area contributed by atoms with Gasteiger partial charge in [-0.25, -0.2) is 4.79 Å². The molecular weight excluding hydrogens is 238 g/mol. The number of aromatic carboxylic acids is 1. The Labute approximate surface area is 105 Å². The lowest BCUT2D eigenvalue weighted by atomic mass is 10.0. The van der Waals surface area contributed by atoms with Gasteiger partial charge >= 0.3 is 5.97 Å². The summed E-state index contributed by atoms with van der Waals surface area (Å²) in [4.78, 5) is 12.0. The van der Waals surface area contributed by atoms with Crippen LogP contribution in [-0.4, -0.2) is 28.8 Å². The van der Waals surface area contributed by atoms with Crippen LogP contribution >= 0.6 is 11.3 Å². The molecule has 1 rings (SSSR count). The molecule has 0 radical (unpaired) electrons. The highest BCUT2D eigenvalue weighted by Gasteiger charge is 2.11. The van der Waals surface area contributed by atoms with Crippen LogP contribution in [0, 0.1) is 5.92 Å². The second kappa shape index (κ2) is 6.74. The van der Waals surface area contributed by atoms with E-state index in [1.54, 1.807) is 6.07 Å². The van der Waals surface area contributed by atoms with Gasteiger partial charge in [0.2, 0.25) is 0 Å². The minimum absolute atomic E-state index is 0.0744. The first-order chi connectivity index (χ1) is 8.02. The van der Waals surface area contributed by atoms with Crippen LogP contribution in [0.15, 0.2) is 12.1 Å². The third kappa shape index (κ3) is 4.85. The van der Waals surface area contributed by atoms with E-state index in [1.807, 2.05) is 6.07 Å². The molecule has 17 heavy (non-hydrogen) atoms. The number of rotatable bonds is 7. The lowest BCUT2D eigenvalue weighted by molar-refractivity contribution is 0.0702. The Morgan fingerprint density at radius 3 is 2.65 bits per heavy atom. The molecule has 3 N–H and O–H groups in total. The van der Waals surface area contributed by atoms with Crippen molar-refractivity contribution in [1.82, 2.24) is 5.32 Å². The molecule has 96 valence electrons. The molecule has 4 nitrogen and oxygen atoms in total. The molecule has 5 heteroatoms. The zero-order valence-corrected chi connectivity index (χ0v) is 11.0. The van der Waals surface area contributed by atoms with E-state index >= 15 is 0 Å². The van der Waals surface area contributed by atoms with Crippen LogP contribution < -0.4 is 5.32 Å². The number of hydrogen-bond donors (Lipinski definition) is 3. The Bertz CT molecular complexity index is 362. The van der Waals surface area contributed by atoms with Gasteiger partial charge in [0.1, 0.15) is 4.88 Å². The molecular formula is C12H19NO3S. The molecule has 0 aliphatic rings. The quantitative estimate of drug-likeness (QED) is 0.698. The molecule has 0 fully saturated rings. The molecule has 1 heterocycles. The topological polar surface area (TPSA) is 69.6 Å². The van der Waals surface area contributed by atoms with Crippen molar-refractivity contribution >= 4 is 17.3 Å². The van der Waals surface area contributed by atoms with Crippen molar-refractivity contribution in [2.75, 3.05) is 6.61 Å². The van der Waals surface area contributed by atoms with Crippen LogP contribution in [0.25, 0.3) is 0 Å². The van der Waals surface area contributed by atoms with E-state index in [4.69, 9.17) is 5.11 Å². The summed E-state index contributed by atoms with van der Waals surface area (Å²) in [6, 6.07) is 3.50. The Hall–Kier alpha value is -0.910. The third-order valence-electron chi connectivity index (χ3n) is 2.41. The smallest absolute Gasteiger partial charge is 0.345 e. The van der Waals surface area contributed by atoms with E-state index in [0.29, 0.717) is 17.3 Å². The van der Waals surface area contributed by atoms with Gasteiger partial charge in [-0.3, -0.25) is 0 Å². The highest BCUT2D eigenvalue weighted by molar-refractivity contribution is 7.13. The van der Waals surface area contributed by atoms with Crippen molar-refractivity contribution in [3.8, 4) is 0 Å².